The zero-order chi connectivity index (χ0) is 37.9. The zero-order valence-electron chi connectivity index (χ0n) is 25.1. The molecule has 0 aliphatic heterocycles. The number of rotatable bonds is 5. The van der Waals surface area contributed by atoms with E-state index in [2.05, 4.69) is 0 Å². The monoisotopic (exact) mass is 855 g/mol. The molecule has 0 spiro atoms. The molecule has 0 N–H and O–H groups in total. The molecule has 5 aromatic rings. The number of benzene rings is 5. The van der Waals surface area contributed by atoms with Gasteiger partial charge in [-0.25, -0.2) is 0 Å². The van der Waals surface area contributed by atoms with Crippen molar-refractivity contribution < 1.29 is 65.9 Å². The van der Waals surface area contributed by atoms with E-state index in [1.165, 1.54) is 0 Å². The van der Waals surface area contributed by atoms with Crippen molar-refractivity contribution >= 4 is 34.9 Å². The van der Waals surface area contributed by atoms with Gasteiger partial charge >= 0.3 is 281 Å². The van der Waals surface area contributed by atoms with Crippen LogP contribution in [0.15, 0.2) is 121 Å². The van der Waals surface area contributed by atoms with E-state index in [0.29, 0.717) is 60.7 Å². The van der Waals surface area contributed by atoms with E-state index in [9.17, 15) is 65.9 Å². The first kappa shape index (κ1) is 38.1. The van der Waals surface area contributed by atoms with Crippen molar-refractivity contribution in [2.75, 3.05) is 0 Å². The Morgan fingerprint density at radius 1 is 0.216 bits per heavy atom. The van der Waals surface area contributed by atoms with Gasteiger partial charge in [0.25, 0.3) is 0 Å². The third-order valence-electron chi connectivity index (χ3n) is 8.27. The normalized spacial score (nSPS) is 14.2. The molecular formula is C35H20F15Te. The standard InChI is InChI=1S/C35H20F15Te/c36-31(37,38)21-1-11-26(12-2-21)51(27-13-3-22(4-14-27)32(39,40)41,28-15-5-23(6-16-28)33(42,43)44,29-17-7-24(8-18-29)34(45,46)47)30-19-9-25(10-20-30)35(48,49)50/h1-20H. The summed E-state index contributed by atoms with van der Waals surface area (Å²) in [6.07, 6.45) is -24.8. The molecule has 0 bridgehead atoms. The second kappa shape index (κ2) is 12.5. The summed E-state index contributed by atoms with van der Waals surface area (Å²) in [6, 6.07) is 14.6. The Labute approximate surface area is 280 Å². The van der Waals surface area contributed by atoms with E-state index >= 15 is 0 Å². The van der Waals surface area contributed by atoms with Crippen LogP contribution in [0.2, 0.25) is 0 Å². The molecule has 0 aliphatic rings. The van der Waals surface area contributed by atoms with Crippen molar-refractivity contribution in [1.29, 1.82) is 0 Å². The molecule has 51 heavy (non-hydrogen) atoms. The van der Waals surface area contributed by atoms with E-state index in [1.807, 2.05) is 0 Å². The average Bonchev–Trinajstić information content (AvgIpc) is 3.05. The van der Waals surface area contributed by atoms with Gasteiger partial charge in [0.15, 0.2) is 0 Å². The maximum atomic E-state index is 13.8. The van der Waals surface area contributed by atoms with Crippen molar-refractivity contribution in [3.8, 4) is 0 Å². The van der Waals surface area contributed by atoms with Crippen molar-refractivity contribution in [3.05, 3.63) is 149 Å². The molecule has 0 nitrogen and oxygen atoms in total. The van der Waals surface area contributed by atoms with Gasteiger partial charge < -0.3 is 0 Å². The molecule has 16 heteroatoms. The molecule has 0 aliphatic carbocycles. The molecule has 1 radical (unpaired) electrons. The number of hydrogen-bond acceptors (Lipinski definition) is 0. The molecular weight excluding hydrogens is 833 g/mol. The summed E-state index contributed by atoms with van der Waals surface area (Å²) in [4.78, 5) is 0. The molecule has 0 atom stereocenters. The molecule has 0 heterocycles. The van der Waals surface area contributed by atoms with Crippen LogP contribution in [0.5, 0.6) is 0 Å². The zero-order valence-corrected chi connectivity index (χ0v) is 27.5. The first-order valence-corrected chi connectivity index (χ1v) is 20.0. The van der Waals surface area contributed by atoms with Gasteiger partial charge in [-0.3, -0.25) is 0 Å². The third-order valence-corrected chi connectivity index (χ3v) is 25.6. The molecule has 0 fully saturated rings. The summed E-state index contributed by atoms with van der Waals surface area (Å²) in [7, 11) is 0. The van der Waals surface area contributed by atoms with Crippen molar-refractivity contribution in [2.24, 2.45) is 0 Å². The Morgan fingerprint density at radius 2 is 0.333 bits per heavy atom. The van der Waals surface area contributed by atoms with Crippen LogP contribution in [0.3, 0.4) is 0 Å². The minimum atomic E-state index is -6.70. The van der Waals surface area contributed by atoms with Gasteiger partial charge in [0, 0.05) is 0 Å². The van der Waals surface area contributed by atoms with E-state index < -0.39 is 75.5 Å². The van der Waals surface area contributed by atoms with Crippen LogP contribution in [0.4, 0.5) is 65.9 Å². The SMILES string of the molecule is FC(F)(F)c1ccc([Te](c2ccc(C(F)(F)F)cc2)(c2ccc(C(F)(F)F)cc2)(c2ccc(C(F)(F)F)cc2)c2ccc(C(F)(F)F)cc2)cc1. The van der Waals surface area contributed by atoms with Crippen LogP contribution in [-0.4, -0.2) is 16.8 Å². The number of hydrogen-bond donors (Lipinski definition) is 0. The van der Waals surface area contributed by atoms with Crippen molar-refractivity contribution in [3.63, 3.8) is 0 Å². The van der Waals surface area contributed by atoms with Crippen LogP contribution in [0.25, 0.3) is 0 Å². The van der Waals surface area contributed by atoms with Crippen LogP contribution < -0.4 is 18.1 Å². The van der Waals surface area contributed by atoms with Gasteiger partial charge in [0.2, 0.25) is 0 Å². The molecule has 0 amide bonds. The second-order valence-corrected chi connectivity index (χ2v) is 23.7. The first-order chi connectivity index (χ1) is 23.4. The molecule has 0 unspecified atom stereocenters. The van der Waals surface area contributed by atoms with Gasteiger partial charge in [-0.2, -0.15) is 0 Å². The average molecular weight is 853 g/mol. The summed E-state index contributed by atoms with van der Waals surface area (Å²) >= 11 is -6.70. The summed E-state index contributed by atoms with van der Waals surface area (Å²) < 4.78 is 206. The summed E-state index contributed by atoms with van der Waals surface area (Å²) in [6.45, 7) is 0. The first-order valence-electron chi connectivity index (χ1n) is 14.2. The quantitative estimate of drug-likeness (QED) is 0.122. The molecule has 271 valence electrons. The fraction of sp³-hybridized carbons (Fsp3) is 0.143. The Balaban J connectivity index is 2.10. The molecule has 0 saturated heterocycles. The minimum absolute atomic E-state index is 0.193. The molecule has 0 saturated carbocycles. The van der Waals surface area contributed by atoms with Crippen LogP contribution >= 0.6 is 0 Å². The third kappa shape index (κ3) is 6.57. The second-order valence-electron chi connectivity index (χ2n) is 11.1. The fourth-order valence-corrected chi connectivity index (χ4v) is 23.4. The van der Waals surface area contributed by atoms with Gasteiger partial charge in [-0.15, -0.1) is 0 Å². The van der Waals surface area contributed by atoms with Crippen molar-refractivity contribution in [2.45, 2.75) is 30.9 Å². The Hall–Kier alpha value is -4.16. The van der Waals surface area contributed by atoms with Gasteiger partial charge in [-0.1, -0.05) is 0 Å². The molecule has 5 aromatic carbocycles. The van der Waals surface area contributed by atoms with Crippen LogP contribution in [0.1, 0.15) is 27.8 Å². The van der Waals surface area contributed by atoms with E-state index in [1.54, 1.807) is 0 Å². The molecule has 5 rings (SSSR count). The van der Waals surface area contributed by atoms with Gasteiger partial charge in [0.1, 0.15) is 0 Å². The van der Waals surface area contributed by atoms with Crippen LogP contribution in [-0.2, 0) is 30.9 Å². The number of halogens is 15. The summed E-state index contributed by atoms with van der Waals surface area (Å²) in [5.74, 6) is 0. The maximum absolute atomic E-state index is 13.8. The number of alkyl halides is 15. The van der Waals surface area contributed by atoms with E-state index in [4.69, 9.17) is 0 Å². The topological polar surface area (TPSA) is 0 Å². The van der Waals surface area contributed by atoms with Gasteiger partial charge in [-0.05, 0) is 0 Å². The summed E-state index contributed by atoms with van der Waals surface area (Å²) in [5.41, 5.74) is -6.19. The Bertz CT molecular complexity index is 1630. The van der Waals surface area contributed by atoms with E-state index in [-0.39, 0.29) is 18.1 Å². The summed E-state index contributed by atoms with van der Waals surface area (Å²) in [5, 5.41) is 0. The van der Waals surface area contributed by atoms with Crippen LogP contribution in [0, 0.1) is 0 Å². The Kier molecular flexibility index (Phi) is 9.34. The predicted octanol–water partition coefficient (Wildman–Crippen LogP) is 9.02. The van der Waals surface area contributed by atoms with Gasteiger partial charge in [0.05, 0.1) is 0 Å². The van der Waals surface area contributed by atoms with E-state index in [0.717, 1.165) is 60.7 Å². The predicted molar refractivity (Wildman–Crippen MR) is 161 cm³/mol. The van der Waals surface area contributed by atoms with Crippen molar-refractivity contribution in [1.82, 2.24) is 0 Å². The molecule has 0 aromatic heterocycles. The Morgan fingerprint density at radius 3 is 0.431 bits per heavy atom. The fourth-order valence-electron chi connectivity index (χ4n) is 5.94.